The molecule has 3 atom stereocenters. The number of piperazine rings is 1. The van der Waals surface area contributed by atoms with E-state index in [1.807, 2.05) is 13.1 Å². The minimum absolute atomic E-state index is 0.626. The van der Waals surface area contributed by atoms with Crippen molar-refractivity contribution < 1.29 is 0 Å². The van der Waals surface area contributed by atoms with Crippen LogP contribution in [0, 0.1) is 12.8 Å². The predicted molar refractivity (Wildman–Crippen MR) is 84.7 cm³/mol. The summed E-state index contributed by atoms with van der Waals surface area (Å²) in [5.74, 6) is 0.742. The second kappa shape index (κ2) is 7.19. The lowest BCUT2D eigenvalue weighted by Crippen LogP contribution is -2.57. The largest absolute Gasteiger partial charge is 0.311 e. The number of hydrogen-bond donors (Lipinski definition) is 1. The van der Waals surface area contributed by atoms with Gasteiger partial charge in [-0.3, -0.25) is 9.88 Å². The molecule has 3 nitrogen and oxygen atoms in total. The second-order valence-corrected chi connectivity index (χ2v) is 6.20. The fourth-order valence-corrected chi connectivity index (χ4v) is 2.97. The third-order valence-electron chi connectivity index (χ3n) is 4.72. The molecule has 0 saturated carbocycles. The molecule has 0 bridgehead atoms. The van der Waals surface area contributed by atoms with Crippen molar-refractivity contribution in [2.45, 2.75) is 59.2 Å². The van der Waals surface area contributed by atoms with Gasteiger partial charge in [0.15, 0.2) is 0 Å². The summed E-state index contributed by atoms with van der Waals surface area (Å²) >= 11 is 0. The average Bonchev–Trinajstić information content (AvgIpc) is 2.48. The van der Waals surface area contributed by atoms with Crippen LogP contribution >= 0.6 is 0 Å². The summed E-state index contributed by atoms with van der Waals surface area (Å²) in [5.41, 5.74) is 2.43. The standard InChI is InChI=1S/C17H29N3/c1-5-13(3)17-12-20(16(6-2)10-19-17)11-15-8-7-14(4)18-9-15/h7-9,13,16-17,19H,5-6,10-12H2,1-4H3. The molecular weight excluding hydrogens is 246 g/mol. The van der Waals surface area contributed by atoms with Crippen molar-refractivity contribution in [1.82, 2.24) is 15.2 Å². The highest BCUT2D eigenvalue weighted by molar-refractivity contribution is 5.13. The molecule has 2 rings (SSSR count). The fraction of sp³-hybridized carbons (Fsp3) is 0.706. The van der Waals surface area contributed by atoms with E-state index < -0.39 is 0 Å². The highest BCUT2D eigenvalue weighted by Crippen LogP contribution is 2.19. The zero-order chi connectivity index (χ0) is 14.5. The van der Waals surface area contributed by atoms with Crippen molar-refractivity contribution in [3.63, 3.8) is 0 Å². The number of nitrogens with zero attached hydrogens (tertiary/aromatic N) is 2. The molecule has 1 aromatic heterocycles. The summed E-state index contributed by atoms with van der Waals surface area (Å²) in [6.45, 7) is 12.3. The molecule has 1 aliphatic rings. The first kappa shape index (κ1) is 15.5. The molecule has 1 aliphatic heterocycles. The summed E-state index contributed by atoms with van der Waals surface area (Å²) < 4.78 is 0. The zero-order valence-corrected chi connectivity index (χ0v) is 13.4. The Hall–Kier alpha value is -0.930. The molecule has 1 fully saturated rings. The Kier molecular flexibility index (Phi) is 5.55. The highest BCUT2D eigenvalue weighted by atomic mass is 15.2. The molecule has 20 heavy (non-hydrogen) atoms. The Morgan fingerprint density at radius 3 is 2.80 bits per heavy atom. The molecule has 0 aliphatic carbocycles. The van der Waals surface area contributed by atoms with Crippen molar-refractivity contribution in [1.29, 1.82) is 0 Å². The van der Waals surface area contributed by atoms with E-state index in [2.05, 4.69) is 48.1 Å². The number of nitrogens with one attached hydrogen (secondary N) is 1. The molecule has 0 amide bonds. The molecule has 1 aromatic rings. The maximum atomic E-state index is 4.42. The molecule has 1 N–H and O–H groups in total. The van der Waals surface area contributed by atoms with Gasteiger partial charge in [0.2, 0.25) is 0 Å². The first-order chi connectivity index (χ1) is 9.63. The maximum absolute atomic E-state index is 4.42. The van der Waals surface area contributed by atoms with Crippen molar-refractivity contribution in [3.8, 4) is 0 Å². The predicted octanol–water partition coefficient (Wildman–Crippen LogP) is 2.99. The van der Waals surface area contributed by atoms with Gasteiger partial charge in [0.25, 0.3) is 0 Å². The van der Waals surface area contributed by atoms with Crippen LogP contribution in [0.15, 0.2) is 18.3 Å². The summed E-state index contributed by atoms with van der Waals surface area (Å²) in [7, 11) is 0. The number of hydrogen-bond acceptors (Lipinski definition) is 3. The lowest BCUT2D eigenvalue weighted by Gasteiger charge is -2.42. The number of pyridine rings is 1. The summed E-state index contributed by atoms with van der Waals surface area (Å²) in [4.78, 5) is 7.06. The van der Waals surface area contributed by atoms with E-state index in [4.69, 9.17) is 0 Å². The van der Waals surface area contributed by atoms with Gasteiger partial charge in [-0.15, -0.1) is 0 Å². The van der Waals surface area contributed by atoms with Gasteiger partial charge in [-0.05, 0) is 30.9 Å². The van der Waals surface area contributed by atoms with Gasteiger partial charge in [0.1, 0.15) is 0 Å². The van der Waals surface area contributed by atoms with Crippen LogP contribution in [0.3, 0.4) is 0 Å². The summed E-state index contributed by atoms with van der Waals surface area (Å²) in [5, 5.41) is 3.74. The molecule has 0 spiro atoms. The van der Waals surface area contributed by atoms with Crippen LogP contribution in [0.25, 0.3) is 0 Å². The third kappa shape index (κ3) is 3.80. The Morgan fingerprint density at radius 2 is 2.20 bits per heavy atom. The van der Waals surface area contributed by atoms with Crippen molar-refractivity contribution in [2.24, 2.45) is 5.92 Å². The van der Waals surface area contributed by atoms with E-state index in [1.165, 1.54) is 18.4 Å². The van der Waals surface area contributed by atoms with Gasteiger partial charge in [0, 0.05) is 43.6 Å². The van der Waals surface area contributed by atoms with E-state index in [0.717, 1.165) is 31.2 Å². The van der Waals surface area contributed by atoms with Crippen LogP contribution in [0.1, 0.15) is 44.9 Å². The van der Waals surface area contributed by atoms with E-state index >= 15 is 0 Å². The van der Waals surface area contributed by atoms with Crippen LogP contribution in [-0.2, 0) is 6.54 Å². The van der Waals surface area contributed by atoms with Gasteiger partial charge in [-0.2, -0.15) is 0 Å². The summed E-state index contributed by atoms with van der Waals surface area (Å²) in [6, 6.07) is 5.61. The van der Waals surface area contributed by atoms with Crippen molar-refractivity contribution >= 4 is 0 Å². The van der Waals surface area contributed by atoms with E-state index in [0.29, 0.717) is 12.1 Å². The average molecular weight is 275 g/mol. The van der Waals surface area contributed by atoms with Gasteiger partial charge in [0.05, 0.1) is 0 Å². The second-order valence-electron chi connectivity index (χ2n) is 6.20. The van der Waals surface area contributed by atoms with Gasteiger partial charge < -0.3 is 5.32 Å². The summed E-state index contributed by atoms with van der Waals surface area (Å²) in [6.07, 6.45) is 4.48. The lowest BCUT2D eigenvalue weighted by atomic mass is 9.94. The van der Waals surface area contributed by atoms with Gasteiger partial charge >= 0.3 is 0 Å². The molecule has 3 unspecified atom stereocenters. The smallest absolute Gasteiger partial charge is 0.0372 e. The lowest BCUT2D eigenvalue weighted by molar-refractivity contribution is 0.0992. The Morgan fingerprint density at radius 1 is 1.40 bits per heavy atom. The zero-order valence-electron chi connectivity index (χ0n) is 13.4. The molecular formula is C17H29N3. The monoisotopic (exact) mass is 275 g/mol. The third-order valence-corrected chi connectivity index (χ3v) is 4.72. The van der Waals surface area contributed by atoms with Crippen molar-refractivity contribution in [3.05, 3.63) is 29.6 Å². The number of rotatable bonds is 5. The first-order valence-corrected chi connectivity index (χ1v) is 8.03. The minimum atomic E-state index is 0.626. The fourth-order valence-electron chi connectivity index (χ4n) is 2.97. The van der Waals surface area contributed by atoms with Crippen LogP contribution < -0.4 is 5.32 Å². The molecule has 3 heteroatoms. The van der Waals surface area contributed by atoms with Crippen molar-refractivity contribution in [2.75, 3.05) is 13.1 Å². The van der Waals surface area contributed by atoms with Crippen LogP contribution in [0.2, 0.25) is 0 Å². The normalized spacial score (nSPS) is 25.6. The Labute approximate surface area is 123 Å². The first-order valence-electron chi connectivity index (χ1n) is 8.03. The number of aryl methyl sites for hydroxylation is 1. The van der Waals surface area contributed by atoms with Crippen LogP contribution in [0.4, 0.5) is 0 Å². The quantitative estimate of drug-likeness (QED) is 0.895. The van der Waals surface area contributed by atoms with E-state index in [-0.39, 0.29) is 0 Å². The highest BCUT2D eigenvalue weighted by Gasteiger charge is 2.28. The topological polar surface area (TPSA) is 28.2 Å². The molecule has 2 heterocycles. The van der Waals surface area contributed by atoms with E-state index in [1.54, 1.807) is 0 Å². The van der Waals surface area contributed by atoms with E-state index in [9.17, 15) is 0 Å². The van der Waals surface area contributed by atoms with Crippen LogP contribution in [0.5, 0.6) is 0 Å². The minimum Gasteiger partial charge on any atom is -0.311 e. The van der Waals surface area contributed by atoms with Gasteiger partial charge in [-0.1, -0.05) is 33.3 Å². The Bertz CT molecular complexity index is 401. The number of aromatic nitrogens is 1. The molecule has 1 saturated heterocycles. The Balaban J connectivity index is 2.03. The molecule has 0 radical (unpaired) electrons. The van der Waals surface area contributed by atoms with Crippen LogP contribution in [-0.4, -0.2) is 35.1 Å². The molecule has 112 valence electrons. The maximum Gasteiger partial charge on any atom is 0.0372 e. The SMILES string of the molecule is CCC(C)C1CN(Cc2ccc(C)nc2)C(CC)CN1. The molecule has 0 aromatic carbocycles. The van der Waals surface area contributed by atoms with Gasteiger partial charge in [-0.25, -0.2) is 0 Å².